The minimum Gasteiger partial charge on any atom is -0.388 e. The van der Waals surface area contributed by atoms with Gasteiger partial charge in [-0.3, -0.25) is 9.59 Å². The number of β-amino-alcohol motifs (C(OH)–C–C–N with tert-alkyl or cyclic N) is 2. The van der Waals surface area contributed by atoms with Crippen LogP contribution in [0, 0.1) is 0 Å². The maximum atomic E-state index is 12.0. The zero-order valence-corrected chi connectivity index (χ0v) is 11.3. The summed E-state index contributed by atoms with van der Waals surface area (Å²) in [7, 11) is 1.56. The molecule has 1 aromatic rings. The zero-order chi connectivity index (χ0) is 14.0. The number of amides is 2. The first kappa shape index (κ1) is 14.0. The van der Waals surface area contributed by atoms with Crippen molar-refractivity contribution < 1.29 is 19.8 Å². The van der Waals surface area contributed by atoms with E-state index in [1.54, 1.807) is 24.6 Å². The highest BCUT2D eigenvalue weighted by molar-refractivity contribution is 7.12. The van der Waals surface area contributed by atoms with Gasteiger partial charge in [-0.25, -0.2) is 0 Å². The summed E-state index contributed by atoms with van der Waals surface area (Å²) in [5.74, 6) is -0.480. The van der Waals surface area contributed by atoms with E-state index in [4.69, 9.17) is 0 Å². The van der Waals surface area contributed by atoms with E-state index < -0.39 is 12.2 Å². The van der Waals surface area contributed by atoms with Crippen molar-refractivity contribution in [3.05, 3.63) is 22.4 Å². The van der Waals surface area contributed by atoms with E-state index in [2.05, 4.69) is 0 Å². The molecule has 2 N–H and O–H groups in total. The smallest absolute Gasteiger partial charge is 0.264 e. The summed E-state index contributed by atoms with van der Waals surface area (Å²) < 4.78 is 0. The molecule has 0 bridgehead atoms. The number of likely N-dealkylation sites (N-methyl/N-ethyl adjacent to an activating group) is 1. The number of carbonyl (C=O) groups excluding carboxylic acids is 2. The number of aliphatic hydroxyl groups is 2. The lowest BCUT2D eigenvalue weighted by Crippen LogP contribution is -2.40. The summed E-state index contributed by atoms with van der Waals surface area (Å²) in [5, 5.41) is 20.6. The largest absolute Gasteiger partial charge is 0.388 e. The van der Waals surface area contributed by atoms with Crippen molar-refractivity contribution in [3.8, 4) is 0 Å². The molecule has 6 nitrogen and oxygen atoms in total. The number of carbonyl (C=O) groups is 2. The summed E-state index contributed by atoms with van der Waals surface area (Å²) in [6, 6.07) is 3.48. The van der Waals surface area contributed by atoms with Crippen LogP contribution in [0.3, 0.4) is 0 Å². The molecular formula is C12H16N2O4S. The van der Waals surface area contributed by atoms with Gasteiger partial charge in [0.1, 0.15) is 0 Å². The van der Waals surface area contributed by atoms with Gasteiger partial charge < -0.3 is 20.0 Å². The van der Waals surface area contributed by atoms with Gasteiger partial charge in [0, 0.05) is 20.1 Å². The molecule has 7 heteroatoms. The number of aliphatic hydroxyl groups excluding tert-OH is 2. The van der Waals surface area contributed by atoms with Crippen molar-refractivity contribution in [2.24, 2.45) is 0 Å². The van der Waals surface area contributed by atoms with Crippen LogP contribution in [0.4, 0.5) is 0 Å². The van der Waals surface area contributed by atoms with Crippen LogP contribution in [-0.2, 0) is 4.79 Å². The van der Waals surface area contributed by atoms with Gasteiger partial charge in [0.05, 0.1) is 23.6 Å². The van der Waals surface area contributed by atoms with E-state index in [1.807, 2.05) is 0 Å². The minimum absolute atomic E-state index is 0.0594. The second-order valence-electron chi connectivity index (χ2n) is 4.57. The molecule has 0 radical (unpaired) electrons. The van der Waals surface area contributed by atoms with E-state index in [1.165, 1.54) is 21.1 Å². The molecule has 2 heterocycles. The van der Waals surface area contributed by atoms with E-state index in [9.17, 15) is 19.8 Å². The fourth-order valence-electron chi connectivity index (χ4n) is 1.94. The van der Waals surface area contributed by atoms with Crippen LogP contribution in [0.5, 0.6) is 0 Å². The van der Waals surface area contributed by atoms with Gasteiger partial charge in [-0.15, -0.1) is 11.3 Å². The first-order valence-corrected chi connectivity index (χ1v) is 6.80. The predicted octanol–water partition coefficient (Wildman–Crippen LogP) is -0.616. The third-order valence-electron chi connectivity index (χ3n) is 3.06. The van der Waals surface area contributed by atoms with Crippen molar-refractivity contribution in [3.63, 3.8) is 0 Å². The number of rotatable bonds is 3. The summed E-state index contributed by atoms with van der Waals surface area (Å²) in [4.78, 5) is 27.2. The van der Waals surface area contributed by atoms with E-state index in [0.717, 1.165) is 0 Å². The van der Waals surface area contributed by atoms with Crippen molar-refractivity contribution in [1.29, 1.82) is 0 Å². The van der Waals surface area contributed by atoms with E-state index in [-0.39, 0.29) is 31.4 Å². The summed E-state index contributed by atoms with van der Waals surface area (Å²) in [6.07, 6.45) is -1.80. The Morgan fingerprint density at radius 2 is 2.05 bits per heavy atom. The lowest BCUT2D eigenvalue weighted by molar-refractivity contribution is -0.131. The number of thiophene rings is 1. The molecule has 1 saturated heterocycles. The van der Waals surface area contributed by atoms with Gasteiger partial charge in [-0.1, -0.05) is 6.07 Å². The van der Waals surface area contributed by atoms with Gasteiger partial charge >= 0.3 is 0 Å². The van der Waals surface area contributed by atoms with Gasteiger partial charge in [0.25, 0.3) is 5.91 Å². The third kappa shape index (κ3) is 3.12. The van der Waals surface area contributed by atoms with Crippen LogP contribution >= 0.6 is 11.3 Å². The quantitative estimate of drug-likeness (QED) is 0.775. The summed E-state index contributed by atoms with van der Waals surface area (Å²) >= 11 is 1.32. The Morgan fingerprint density at radius 1 is 1.42 bits per heavy atom. The fraction of sp³-hybridized carbons (Fsp3) is 0.500. The highest BCUT2D eigenvalue weighted by Crippen LogP contribution is 2.13. The first-order valence-electron chi connectivity index (χ1n) is 5.92. The maximum Gasteiger partial charge on any atom is 0.264 e. The first-order chi connectivity index (χ1) is 8.99. The van der Waals surface area contributed by atoms with Gasteiger partial charge in [0.15, 0.2) is 0 Å². The molecule has 2 rings (SSSR count). The third-order valence-corrected chi connectivity index (χ3v) is 3.92. The molecule has 0 saturated carbocycles. The van der Waals surface area contributed by atoms with Gasteiger partial charge in [0.2, 0.25) is 5.91 Å². The molecule has 104 valence electrons. The van der Waals surface area contributed by atoms with Crippen molar-refractivity contribution in [2.75, 3.05) is 26.7 Å². The minimum atomic E-state index is -0.901. The van der Waals surface area contributed by atoms with Crippen LogP contribution in [0.25, 0.3) is 0 Å². The van der Waals surface area contributed by atoms with Gasteiger partial charge in [-0.05, 0) is 11.4 Å². The average molecular weight is 284 g/mol. The maximum absolute atomic E-state index is 12.0. The summed E-state index contributed by atoms with van der Waals surface area (Å²) in [6.45, 7) is 0.165. The summed E-state index contributed by atoms with van der Waals surface area (Å²) in [5.41, 5.74) is 0. The Bertz CT molecular complexity index is 452. The molecule has 1 aliphatic rings. The van der Waals surface area contributed by atoms with E-state index in [0.29, 0.717) is 4.88 Å². The number of hydrogen-bond donors (Lipinski definition) is 2. The Balaban J connectivity index is 1.91. The average Bonchev–Trinajstić information content (AvgIpc) is 2.99. The second kappa shape index (κ2) is 5.68. The van der Waals surface area contributed by atoms with Crippen molar-refractivity contribution >= 4 is 23.2 Å². The molecule has 1 aliphatic heterocycles. The van der Waals surface area contributed by atoms with Crippen LogP contribution in [-0.4, -0.2) is 70.7 Å². The Kier molecular flexibility index (Phi) is 4.18. The number of likely N-dealkylation sites (tertiary alicyclic amines) is 1. The predicted molar refractivity (Wildman–Crippen MR) is 69.9 cm³/mol. The van der Waals surface area contributed by atoms with Crippen LogP contribution < -0.4 is 0 Å². The van der Waals surface area contributed by atoms with Crippen molar-refractivity contribution in [2.45, 2.75) is 12.2 Å². The second-order valence-corrected chi connectivity index (χ2v) is 5.52. The lowest BCUT2D eigenvalue weighted by Gasteiger charge is -2.20. The van der Waals surface area contributed by atoms with Crippen LogP contribution in [0.15, 0.2) is 17.5 Å². The van der Waals surface area contributed by atoms with Crippen molar-refractivity contribution in [1.82, 2.24) is 9.80 Å². The molecule has 1 fully saturated rings. The Hall–Kier alpha value is -1.44. The normalized spacial score (nSPS) is 22.6. The standard InChI is InChI=1S/C12H16N2O4S/c1-13(12(18)10-3-2-4-19-10)7-11(17)14-5-8(15)9(16)6-14/h2-4,8-9,15-16H,5-7H2,1H3. The monoisotopic (exact) mass is 284 g/mol. The molecule has 19 heavy (non-hydrogen) atoms. The number of nitrogens with zero attached hydrogens (tertiary/aromatic N) is 2. The topological polar surface area (TPSA) is 81.1 Å². The molecule has 0 aliphatic carbocycles. The molecule has 0 spiro atoms. The van der Waals surface area contributed by atoms with E-state index >= 15 is 0 Å². The number of hydrogen-bond acceptors (Lipinski definition) is 5. The SMILES string of the molecule is CN(CC(=O)N1CC(O)C(O)C1)C(=O)c1cccs1. The molecule has 1 aromatic heterocycles. The van der Waals surface area contributed by atoms with Crippen LogP contribution in [0.2, 0.25) is 0 Å². The van der Waals surface area contributed by atoms with Gasteiger partial charge in [-0.2, -0.15) is 0 Å². The molecule has 2 unspecified atom stereocenters. The highest BCUT2D eigenvalue weighted by atomic mass is 32.1. The Labute approximate surface area is 114 Å². The Morgan fingerprint density at radius 3 is 2.58 bits per heavy atom. The fourth-order valence-corrected chi connectivity index (χ4v) is 2.65. The molecular weight excluding hydrogens is 268 g/mol. The molecule has 2 atom stereocenters. The lowest BCUT2D eigenvalue weighted by atomic mass is 10.3. The van der Waals surface area contributed by atoms with Crippen LogP contribution in [0.1, 0.15) is 9.67 Å². The highest BCUT2D eigenvalue weighted by Gasteiger charge is 2.33. The molecule has 0 aromatic carbocycles. The molecule has 2 amide bonds. The zero-order valence-electron chi connectivity index (χ0n) is 10.5.